The van der Waals surface area contributed by atoms with Crippen LogP contribution in [-0.4, -0.2) is 46.2 Å². The maximum absolute atomic E-state index is 12.4. The molecule has 25 heavy (non-hydrogen) atoms. The average Bonchev–Trinajstić information content (AvgIpc) is 2.64. The average molecular weight is 341 g/mol. The number of likely N-dealkylation sites (tertiary alicyclic amines) is 2. The summed E-state index contributed by atoms with van der Waals surface area (Å²) in [6.45, 7) is 6.71. The first-order valence-electron chi connectivity index (χ1n) is 9.17. The third kappa shape index (κ3) is 4.27. The minimum Gasteiger partial charge on any atom is -0.342 e. The van der Waals surface area contributed by atoms with Gasteiger partial charge in [0.15, 0.2) is 0 Å². The molecule has 5 heteroatoms. The Hall–Kier alpha value is -2.17. The molecule has 1 aromatic rings. The van der Waals surface area contributed by atoms with Crippen LogP contribution in [0.15, 0.2) is 37.2 Å². The van der Waals surface area contributed by atoms with Gasteiger partial charge >= 0.3 is 0 Å². The van der Waals surface area contributed by atoms with Gasteiger partial charge in [0.05, 0.1) is 0 Å². The van der Waals surface area contributed by atoms with E-state index in [0.29, 0.717) is 19.4 Å². The number of amides is 2. The van der Waals surface area contributed by atoms with Crippen LogP contribution in [-0.2, 0) is 16.1 Å². The van der Waals surface area contributed by atoms with Crippen molar-refractivity contribution in [1.82, 2.24) is 14.8 Å². The molecule has 0 radical (unpaired) electrons. The van der Waals surface area contributed by atoms with Crippen LogP contribution in [0.3, 0.4) is 0 Å². The number of carbonyl (C=O) groups excluding carboxylic acids is 2. The van der Waals surface area contributed by atoms with E-state index in [0.717, 1.165) is 50.9 Å². The normalized spacial score (nSPS) is 23.8. The van der Waals surface area contributed by atoms with Gasteiger partial charge in [0, 0.05) is 56.8 Å². The molecule has 1 spiro atoms. The van der Waals surface area contributed by atoms with E-state index >= 15 is 0 Å². The van der Waals surface area contributed by atoms with E-state index in [9.17, 15) is 9.59 Å². The molecule has 2 aliphatic heterocycles. The van der Waals surface area contributed by atoms with E-state index in [1.165, 1.54) is 0 Å². The van der Waals surface area contributed by atoms with Crippen molar-refractivity contribution in [3.63, 3.8) is 0 Å². The van der Waals surface area contributed by atoms with Crippen molar-refractivity contribution in [2.24, 2.45) is 5.41 Å². The summed E-state index contributed by atoms with van der Waals surface area (Å²) in [6, 6.07) is 3.92. The molecule has 2 amide bonds. The smallest absolute Gasteiger partial charge is 0.222 e. The number of hydrogen-bond acceptors (Lipinski definition) is 3. The van der Waals surface area contributed by atoms with E-state index in [-0.39, 0.29) is 17.2 Å². The highest BCUT2D eigenvalue weighted by Crippen LogP contribution is 2.39. The van der Waals surface area contributed by atoms with Crippen molar-refractivity contribution in [2.75, 3.05) is 19.6 Å². The molecule has 2 aliphatic rings. The molecular weight excluding hydrogens is 314 g/mol. The van der Waals surface area contributed by atoms with Gasteiger partial charge in [-0.15, -0.1) is 6.58 Å². The van der Waals surface area contributed by atoms with Gasteiger partial charge in [-0.05, 0) is 43.4 Å². The fourth-order valence-electron chi connectivity index (χ4n) is 4.09. The van der Waals surface area contributed by atoms with Gasteiger partial charge in [-0.3, -0.25) is 14.6 Å². The lowest BCUT2D eigenvalue weighted by molar-refractivity contribution is -0.143. The fraction of sp³-hybridized carbons (Fsp3) is 0.550. The zero-order valence-electron chi connectivity index (χ0n) is 14.8. The Morgan fingerprint density at radius 3 is 2.84 bits per heavy atom. The Balaban J connectivity index is 1.67. The number of pyridine rings is 1. The van der Waals surface area contributed by atoms with Gasteiger partial charge in [0.2, 0.25) is 11.8 Å². The quantitative estimate of drug-likeness (QED) is 0.774. The number of hydrogen-bond donors (Lipinski definition) is 0. The number of piperidine rings is 2. The molecule has 2 fully saturated rings. The third-order valence-corrected chi connectivity index (χ3v) is 5.45. The van der Waals surface area contributed by atoms with Gasteiger partial charge in [0.25, 0.3) is 0 Å². The highest BCUT2D eigenvalue weighted by molar-refractivity contribution is 5.78. The fourth-order valence-corrected chi connectivity index (χ4v) is 4.09. The SMILES string of the molecule is C=CCCC(=O)N1CCCC2(CCC(=O)N(Cc3ccncc3)C2)C1. The maximum atomic E-state index is 12.4. The molecule has 1 unspecified atom stereocenters. The zero-order chi connectivity index (χ0) is 17.7. The molecule has 2 saturated heterocycles. The summed E-state index contributed by atoms with van der Waals surface area (Å²) in [5.41, 5.74) is 1.17. The van der Waals surface area contributed by atoms with E-state index in [1.54, 1.807) is 18.5 Å². The highest BCUT2D eigenvalue weighted by Gasteiger charge is 2.42. The first kappa shape index (κ1) is 17.6. The highest BCUT2D eigenvalue weighted by atomic mass is 16.2. The summed E-state index contributed by atoms with van der Waals surface area (Å²) in [7, 11) is 0. The summed E-state index contributed by atoms with van der Waals surface area (Å²) in [5.74, 6) is 0.439. The van der Waals surface area contributed by atoms with E-state index in [4.69, 9.17) is 0 Å². The molecule has 5 nitrogen and oxygen atoms in total. The Morgan fingerprint density at radius 2 is 2.08 bits per heavy atom. The molecule has 0 aliphatic carbocycles. The van der Waals surface area contributed by atoms with Crippen molar-refractivity contribution < 1.29 is 9.59 Å². The summed E-state index contributed by atoms with van der Waals surface area (Å²) < 4.78 is 0. The molecule has 3 rings (SSSR count). The lowest BCUT2D eigenvalue weighted by Crippen LogP contribution is -2.54. The van der Waals surface area contributed by atoms with Gasteiger partial charge in [0.1, 0.15) is 0 Å². The zero-order valence-corrected chi connectivity index (χ0v) is 14.8. The number of nitrogens with zero attached hydrogens (tertiary/aromatic N) is 3. The van der Waals surface area contributed by atoms with Gasteiger partial charge in [-0.1, -0.05) is 6.08 Å². The lowest BCUT2D eigenvalue weighted by Gasteiger charge is -2.48. The Bertz CT molecular complexity index is 631. The first-order chi connectivity index (χ1) is 12.1. The van der Waals surface area contributed by atoms with E-state index in [2.05, 4.69) is 11.6 Å². The van der Waals surface area contributed by atoms with Crippen LogP contribution in [0, 0.1) is 5.41 Å². The third-order valence-electron chi connectivity index (χ3n) is 5.45. The van der Waals surface area contributed by atoms with Crippen LogP contribution in [0.4, 0.5) is 0 Å². The van der Waals surface area contributed by atoms with Crippen molar-refractivity contribution in [3.8, 4) is 0 Å². The molecular formula is C20H27N3O2. The number of carbonyl (C=O) groups is 2. The van der Waals surface area contributed by atoms with Crippen molar-refractivity contribution in [1.29, 1.82) is 0 Å². The number of rotatable bonds is 5. The minimum atomic E-state index is 0.0586. The van der Waals surface area contributed by atoms with Gasteiger partial charge < -0.3 is 9.80 Å². The number of aromatic nitrogens is 1. The number of allylic oxidation sites excluding steroid dienone is 1. The second-order valence-electron chi connectivity index (χ2n) is 7.35. The standard InChI is InChI=1S/C20H27N3O2/c1-2-3-5-18(24)22-13-4-9-20(15-22)10-6-19(25)23(16-20)14-17-7-11-21-12-8-17/h2,7-8,11-12H,1,3-6,9-10,13-16H2. The Morgan fingerprint density at radius 1 is 1.28 bits per heavy atom. The second-order valence-corrected chi connectivity index (χ2v) is 7.35. The molecule has 0 saturated carbocycles. The summed E-state index contributed by atoms with van der Waals surface area (Å²) >= 11 is 0. The predicted octanol–water partition coefficient (Wildman–Crippen LogP) is 2.78. The van der Waals surface area contributed by atoms with Gasteiger partial charge in [-0.25, -0.2) is 0 Å². The Kier molecular flexibility index (Phi) is 5.51. The van der Waals surface area contributed by atoms with Gasteiger partial charge in [-0.2, -0.15) is 0 Å². The van der Waals surface area contributed by atoms with Crippen LogP contribution in [0.2, 0.25) is 0 Å². The van der Waals surface area contributed by atoms with E-state index < -0.39 is 0 Å². The molecule has 1 aromatic heterocycles. The minimum absolute atomic E-state index is 0.0586. The van der Waals surface area contributed by atoms with Crippen LogP contribution in [0.25, 0.3) is 0 Å². The van der Waals surface area contributed by atoms with Crippen molar-refractivity contribution in [3.05, 3.63) is 42.7 Å². The molecule has 0 bridgehead atoms. The molecule has 3 heterocycles. The van der Waals surface area contributed by atoms with Crippen LogP contribution in [0.5, 0.6) is 0 Å². The molecule has 1 atom stereocenters. The van der Waals surface area contributed by atoms with Crippen molar-refractivity contribution >= 4 is 11.8 Å². The maximum Gasteiger partial charge on any atom is 0.222 e. The topological polar surface area (TPSA) is 53.5 Å². The second kappa shape index (κ2) is 7.81. The summed E-state index contributed by atoms with van der Waals surface area (Å²) in [6.07, 6.45) is 10.2. The Labute approximate surface area is 149 Å². The van der Waals surface area contributed by atoms with E-state index in [1.807, 2.05) is 21.9 Å². The molecule has 0 N–H and O–H groups in total. The first-order valence-corrected chi connectivity index (χ1v) is 9.17. The molecule has 134 valence electrons. The molecule has 0 aromatic carbocycles. The van der Waals surface area contributed by atoms with Crippen LogP contribution >= 0.6 is 0 Å². The summed E-state index contributed by atoms with van der Waals surface area (Å²) in [4.78, 5) is 32.8. The lowest BCUT2D eigenvalue weighted by atomic mass is 9.73. The van der Waals surface area contributed by atoms with Crippen LogP contribution < -0.4 is 0 Å². The monoisotopic (exact) mass is 341 g/mol. The van der Waals surface area contributed by atoms with Crippen LogP contribution in [0.1, 0.15) is 44.1 Å². The van der Waals surface area contributed by atoms with Crippen molar-refractivity contribution in [2.45, 2.75) is 45.1 Å². The predicted molar refractivity (Wildman–Crippen MR) is 96.6 cm³/mol. The summed E-state index contributed by atoms with van der Waals surface area (Å²) in [5, 5.41) is 0. The largest absolute Gasteiger partial charge is 0.342 e.